The van der Waals surface area contributed by atoms with Crippen molar-refractivity contribution in [1.29, 1.82) is 0 Å². The molecule has 0 atom stereocenters. The van der Waals surface area contributed by atoms with Crippen LogP contribution in [0.4, 0.5) is 0 Å². The summed E-state index contributed by atoms with van der Waals surface area (Å²) in [6, 6.07) is 3.90. The van der Waals surface area contributed by atoms with Crippen LogP contribution in [0.2, 0.25) is 0 Å². The van der Waals surface area contributed by atoms with Gasteiger partial charge >= 0.3 is 5.97 Å². The maximum Gasteiger partial charge on any atom is 0.310 e. The van der Waals surface area contributed by atoms with Gasteiger partial charge in [0.1, 0.15) is 5.58 Å². The first-order valence-corrected chi connectivity index (χ1v) is 6.85. The standard InChI is InChI=1S/C17H17NO4/c1-4-7-18-15(19)10-21-16(20)8-13-9-22-17-12(3)11(2)5-6-14(13)17/h1,5-6,9H,7-8,10H2,2-3H3,(H,18,19). The molecule has 0 spiro atoms. The molecule has 0 aliphatic rings. The molecule has 1 amide bonds. The first-order chi connectivity index (χ1) is 10.5. The van der Waals surface area contributed by atoms with Crippen LogP contribution in [0.3, 0.4) is 0 Å². The van der Waals surface area contributed by atoms with E-state index in [9.17, 15) is 9.59 Å². The first-order valence-electron chi connectivity index (χ1n) is 6.85. The monoisotopic (exact) mass is 299 g/mol. The Morgan fingerprint density at radius 1 is 1.36 bits per heavy atom. The molecule has 0 aliphatic heterocycles. The van der Waals surface area contributed by atoms with Gasteiger partial charge in [0, 0.05) is 10.9 Å². The van der Waals surface area contributed by atoms with E-state index in [0.29, 0.717) is 0 Å². The molecule has 5 heteroatoms. The second kappa shape index (κ2) is 6.81. The molecule has 2 rings (SSSR count). The summed E-state index contributed by atoms with van der Waals surface area (Å²) in [4.78, 5) is 23.1. The number of carbonyl (C=O) groups is 2. The van der Waals surface area contributed by atoms with Gasteiger partial charge in [-0.15, -0.1) is 6.42 Å². The number of aryl methyl sites for hydroxylation is 2. The predicted molar refractivity (Wildman–Crippen MR) is 82.2 cm³/mol. The number of fused-ring (bicyclic) bond motifs is 1. The van der Waals surface area contributed by atoms with Gasteiger partial charge in [-0.2, -0.15) is 0 Å². The zero-order chi connectivity index (χ0) is 16.1. The number of ether oxygens (including phenoxy) is 1. The van der Waals surface area contributed by atoms with Crippen LogP contribution in [0.25, 0.3) is 11.0 Å². The minimum Gasteiger partial charge on any atom is -0.464 e. The van der Waals surface area contributed by atoms with Crippen LogP contribution in [-0.2, 0) is 20.7 Å². The van der Waals surface area contributed by atoms with E-state index < -0.39 is 11.9 Å². The average Bonchev–Trinajstić information content (AvgIpc) is 2.90. The van der Waals surface area contributed by atoms with Gasteiger partial charge < -0.3 is 14.5 Å². The van der Waals surface area contributed by atoms with Crippen LogP contribution in [0.5, 0.6) is 0 Å². The van der Waals surface area contributed by atoms with Crippen molar-refractivity contribution < 1.29 is 18.7 Å². The molecule has 0 bridgehead atoms. The zero-order valence-corrected chi connectivity index (χ0v) is 12.6. The number of furan rings is 1. The SMILES string of the molecule is C#CCNC(=O)COC(=O)Cc1coc2c(C)c(C)ccc12. The van der Waals surface area contributed by atoms with Crippen LogP contribution in [0.1, 0.15) is 16.7 Å². The lowest BCUT2D eigenvalue weighted by Gasteiger charge is -2.04. The van der Waals surface area contributed by atoms with Crippen molar-refractivity contribution in [2.24, 2.45) is 0 Å². The van der Waals surface area contributed by atoms with E-state index in [-0.39, 0.29) is 19.6 Å². The summed E-state index contributed by atoms with van der Waals surface area (Å²) in [7, 11) is 0. The van der Waals surface area contributed by atoms with E-state index in [4.69, 9.17) is 15.6 Å². The van der Waals surface area contributed by atoms with E-state index in [1.807, 2.05) is 26.0 Å². The van der Waals surface area contributed by atoms with Crippen molar-refractivity contribution in [2.75, 3.05) is 13.2 Å². The molecule has 0 saturated carbocycles. The fraction of sp³-hybridized carbons (Fsp3) is 0.294. The second-order valence-electron chi connectivity index (χ2n) is 4.96. The van der Waals surface area contributed by atoms with Gasteiger partial charge in [0.15, 0.2) is 6.61 Å². The molecule has 5 nitrogen and oxygen atoms in total. The zero-order valence-electron chi connectivity index (χ0n) is 12.6. The number of carbonyl (C=O) groups excluding carboxylic acids is 2. The fourth-order valence-corrected chi connectivity index (χ4v) is 2.08. The second-order valence-corrected chi connectivity index (χ2v) is 4.96. The Hall–Kier alpha value is -2.74. The maximum absolute atomic E-state index is 11.8. The Morgan fingerprint density at radius 3 is 2.86 bits per heavy atom. The first kappa shape index (κ1) is 15.6. The lowest BCUT2D eigenvalue weighted by atomic mass is 10.0. The van der Waals surface area contributed by atoms with Crippen molar-refractivity contribution in [1.82, 2.24) is 5.32 Å². The summed E-state index contributed by atoms with van der Waals surface area (Å²) in [5, 5.41) is 3.31. The number of nitrogens with one attached hydrogen (secondary N) is 1. The topological polar surface area (TPSA) is 68.5 Å². The van der Waals surface area contributed by atoms with Gasteiger partial charge in [-0.25, -0.2) is 0 Å². The third kappa shape index (κ3) is 3.47. The molecule has 0 fully saturated rings. The number of amides is 1. The molecule has 0 unspecified atom stereocenters. The number of esters is 1. The largest absolute Gasteiger partial charge is 0.464 e. The number of terminal acetylenes is 1. The van der Waals surface area contributed by atoms with Gasteiger partial charge in [-0.3, -0.25) is 9.59 Å². The van der Waals surface area contributed by atoms with Crippen LogP contribution in [0.15, 0.2) is 22.8 Å². The summed E-state index contributed by atoms with van der Waals surface area (Å²) < 4.78 is 10.4. The molecule has 1 heterocycles. The van der Waals surface area contributed by atoms with Crippen molar-refractivity contribution in [3.63, 3.8) is 0 Å². The number of rotatable bonds is 5. The molecule has 1 N–H and O–H groups in total. The Labute approximate surface area is 128 Å². The normalized spacial score (nSPS) is 10.2. The molecule has 0 saturated heterocycles. The lowest BCUT2D eigenvalue weighted by Crippen LogP contribution is -2.29. The molecule has 0 aliphatic carbocycles. The van der Waals surface area contributed by atoms with Crippen LogP contribution in [0, 0.1) is 26.2 Å². The maximum atomic E-state index is 11.8. The highest BCUT2D eigenvalue weighted by Gasteiger charge is 2.14. The van der Waals surface area contributed by atoms with E-state index >= 15 is 0 Å². The minimum atomic E-state index is -0.489. The Morgan fingerprint density at radius 2 is 2.14 bits per heavy atom. The smallest absolute Gasteiger partial charge is 0.310 e. The Kier molecular flexibility index (Phi) is 4.84. The van der Waals surface area contributed by atoms with Crippen LogP contribution in [-0.4, -0.2) is 25.0 Å². The molecular formula is C17H17NO4. The average molecular weight is 299 g/mol. The molecule has 1 aromatic heterocycles. The van der Waals surface area contributed by atoms with E-state index in [0.717, 1.165) is 27.7 Å². The Balaban J connectivity index is 1.99. The van der Waals surface area contributed by atoms with Crippen molar-refractivity contribution in [2.45, 2.75) is 20.3 Å². The van der Waals surface area contributed by atoms with Gasteiger partial charge in [0.25, 0.3) is 5.91 Å². The van der Waals surface area contributed by atoms with Gasteiger partial charge in [-0.1, -0.05) is 18.1 Å². The quantitative estimate of drug-likeness (QED) is 0.676. The Bertz CT molecular complexity index is 752. The summed E-state index contributed by atoms with van der Waals surface area (Å²) in [5.74, 6) is 1.36. The molecule has 114 valence electrons. The number of benzene rings is 1. The number of hydrogen-bond acceptors (Lipinski definition) is 4. The summed E-state index contributed by atoms with van der Waals surface area (Å²) in [6.07, 6.45) is 6.62. The highest BCUT2D eigenvalue weighted by molar-refractivity contribution is 5.89. The predicted octanol–water partition coefficient (Wildman–Crippen LogP) is 1.88. The molecule has 0 radical (unpaired) electrons. The highest BCUT2D eigenvalue weighted by atomic mass is 16.5. The molecule has 22 heavy (non-hydrogen) atoms. The van der Waals surface area contributed by atoms with Gasteiger partial charge in [0.05, 0.1) is 19.2 Å². The molecule has 1 aromatic carbocycles. The molecule has 2 aromatic rings. The highest BCUT2D eigenvalue weighted by Crippen LogP contribution is 2.26. The minimum absolute atomic E-state index is 0.0535. The molecular weight excluding hydrogens is 282 g/mol. The third-order valence-electron chi connectivity index (χ3n) is 3.43. The summed E-state index contributed by atoms with van der Waals surface area (Å²) >= 11 is 0. The fourth-order valence-electron chi connectivity index (χ4n) is 2.08. The third-order valence-corrected chi connectivity index (χ3v) is 3.43. The van der Waals surface area contributed by atoms with Gasteiger partial charge in [0.2, 0.25) is 0 Å². The summed E-state index contributed by atoms with van der Waals surface area (Å²) in [6.45, 7) is 3.74. The lowest BCUT2D eigenvalue weighted by molar-refractivity contribution is -0.147. The van der Waals surface area contributed by atoms with Crippen LogP contribution < -0.4 is 5.32 Å². The summed E-state index contributed by atoms with van der Waals surface area (Å²) in [5.41, 5.74) is 3.69. The van der Waals surface area contributed by atoms with E-state index in [1.165, 1.54) is 0 Å². The van der Waals surface area contributed by atoms with Crippen molar-refractivity contribution >= 4 is 22.8 Å². The van der Waals surface area contributed by atoms with Crippen molar-refractivity contribution in [3.8, 4) is 12.3 Å². The van der Waals surface area contributed by atoms with Gasteiger partial charge in [-0.05, 0) is 25.0 Å². The van der Waals surface area contributed by atoms with E-state index in [2.05, 4.69) is 11.2 Å². The number of hydrogen-bond donors (Lipinski definition) is 1. The van der Waals surface area contributed by atoms with Crippen molar-refractivity contribution in [3.05, 3.63) is 35.1 Å². The van der Waals surface area contributed by atoms with Crippen LogP contribution >= 0.6 is 0 Å². The van der Waals surface area contributed by atoms with E-state index in [1.54, 1.807) is 6.26 Å².